The van der Waals surface area contributed by atoms with Gasteiger partial charge in [0.15, 0.2) is 0 Å². The van der Waals surface area contributed by atoms with E-state index in [9.17, 15) is 14.4 Å². The van der Waals surface area contributed by atoms with Gasteiger partial charge in [0, 0.05) is 23.4 Å². The molecule has 1 N–H and O–H groups in total. The van der Waals surface area contributed by atoms with Gasteiger partial charge in [0.2, 0.25) is 0 Å². The van der Waals surface area contributed by atoms with Gasteiger partial charge in [0.25, 0.3) is 0 Å². The lowest BCUT2D eigenvalue weighted by molar-refractivity contribution is -0.136. The molecule has 7 nitrogen and oxygen atoms in total. The highest BCUT2D eigenvalue weighted by molar-refractivity contribution is 5.87. The number of aryl methyl sites for hydroxylation is 2. The average Bonchev–Trinajstić information content (AvgIpc) is 3.30. The Hall–Kier alpha value is -3.61. The molecule has 1 unspecified atom stereocenters. The Morgan fingerprint density at radius 2 is 1.81 bits per heavy atom. The smallest absolute Gasteiger partial charge is 0.408 e. The predicted octanol–water partition coefficient (Wildman–Crippen LogP) is 5.28. The van der Waals surface area contributed by atoms with Crippen molar-refractivity contribution in [2.75, 3.05) is 0 Å². The Kier molecular flexibility index (Phi) is 7.48. The number of amides is 1. The van der Waals surface area contributed by atoms with Crippen molar-refractivity contribution in [2.45, 2.75) is 77.9 Å². The fourth-order valence-electron chi connectivity index (χ4n) is 4.59. The van der Waals surface area contributed by atoms with Gasteiger partial charge in [-0.2, -0.15) is 0 Å². The first-order chi connectivity index (χ1) is 17.1. The Balaban J connectivity index is 1.66. The Bertz CT molecular complexity index is 1320. The SMILES string of the molecule is CCCc1cc2c3c(c(=O)oc2cc1OC(=O)C(Cc1ccccc1)NC(=O)OC(C)(C)C)CCC3. The first kappa shape index (κ1) is 25.5. The molecule has 2 aromatic carbocycles. The maximum atomic E-state index is 13.4. The molecule has 1 heterocycles. The zero-order valence-electron chi connectivity index (χ0n) is 21.3. The van der Waals surface area contributed by atoms with Gasteiger partial charge in [-0.1, -0.05) is 43.7 Å². The summed E-state index contributed by atoms with van der Waals surface area (Å²) >= 11 is 0. The standard InChI is InChI=1S/C29H33NO6/c1-5-10-19-16-22-20-13-9-14-21(20)26(31)35-25(22)17-24(19)34-27(32)23(15-18-11-7-6-8-12-18)30-28(33)36-29(2,3)4/h6-8,11-12,16-17,23H,5,9-10,13-15H2,1-4H3,(H,30,33). The monoisotopic (exact) mass is 491 g/mol. The van der Waals surface area contributed by atoms with Crippen LogP contribution in [0.1, 0.15) is 62.8 Å². The van der Waals surface area contributed by atoms with Crippen LogP contribution < -0.4 is 15.7 Å². The summed E-state index contributed by atoms with van der Waals surface area (Å²) in [4.78, 5) is 38.4. The molecule has 1 atom stereocenters. The molecule has 0 spiro atoms. The van der Waals surface area contributed by atoms with Crippen LogP contribution in [0, 0.1) is 0 Å². The van der Waals surface area contributed by atoms with Crippen LogP contribution in [-0.2, 0) is 35.2 Å². The van der Waals surface area contributed by atoms with Crippen molar-refractivity contribution < 1.29 is 23.5 Å². The van der Waals surface area contributed by atoms with Gasteiger partial charge >= 0.3 is 17.7 Å². The third kappa shape index (κ3) is 5.96. The van der Waals surface area contributed by atoms with Crippen LogP contribution in [0.2, 0.25) is 0 Å². The molecule has 0 saturated carbocycles. The van der Waals surface area contributed by atoms with E-state index in [1.165, 1.54) is 0 Å². The lowest BCUT2D eigenvalue weighted by Gasteiger charge is -2.23. The number of nitrogens with one attached hydrogen (secondary N) is 1. The minimum absolute atomic E-state index is 0.234. The highest BCUT2D eigenvalue weighted by Crippen LogP contribution is 2.33. The van der Waals surface area contributed by atoms with Gasteiger partial charge in [0.1, 0.15) is 23.0 Å². The second-order valence-electron chi connectivity index (χ2n) is 10.2. The summed E-state index contributed by atoms with van der Waals surface area (Å²) in [6.45, 7) is 7.32. The molecule has 3 aromatic rings. The number of alkyl carbamates (subject to hydrolysis) is 1. The molecular formula is C29H33NO6. The summed E-state index contributed by atoms with van der Waals surface area (Å²) in [6.07, 6.45) is 3.56. The lowest BCUT2D eigenvalue weighted by Crippen LogP contribution is -2.46. The van der Waals surface area contributed by atoms with Gasteiger partial charge < -0.3 is 19.2 Å². The van der Waals surface area contributed by atoms with Crippen molar-refractivity contribution in [3.05, 3.63) is 75.1 Å². The fraction of sp³-hybridized carbons (Fsp3) is 0.414. The van der Waals surface area contributed by atoms with E-state index in [-0.39, 0.29) is 12.0 Å². The van der Waals surface area contributed by atoms with E-state index in [0.29, 0.717) is 17.8 Å². The number of fused-ring (bicyclic) bond motifs is 3. The Morgan fingerprint density at radius 3 is 2.50 bits per heavy atom. The summed E-state index contributed by atoms with van der Waals surface area (Å²) in [6, 6.07) is 12.0. The van der Waals surface area contributed by atoms with E-state index in [1.54, 1.807) is 26.8 Å². The van der Waals surface area contributed by atoms with Gasteiger partial charge in [-0.25, -0.2) is 14.4 Å². The second kappa shape index (κ2) is 10.6. The van der Waals surface area contributed by atoms with Crippen molar-refractivity contribution in [3.8, 4) is 5.75 Å². The minimum atomic E-state index is -0.973. The molecule has 1 aliphatic rings. The number of esters is 1. The number of carbonyl (C=O) groups is 2. The van der Waals surface area contributed by atoms with Crippen LogP contribution in [0.5, 0.6) is 5.75 Å². The minimum Gasteiger partial charge on any atom is -0.444 e. The van der Waals surface area contributed by atoms with Crippen LogP contribution in [-0.4, -0.2) is 23.7 Å². The summed E-state index contributed by atoms with van der Waals surface area (Å²) in [7, 11) is 0. The molecule has 1 amide bonds. The first-order valence-electron chi connectivity index (χ1n) is 12.5. The van der Waals surface area contributed by atoms with Crippen molar-refractivity contribution in [2.24, 2.45) is 0 Å². The van der Waals surface area contributed by atoms with Crippen LogP contribution in [0.4, 0.5) is 4.79 Å². The maximum absolute atomic E-state index is 13.4. The van der Waals surface area contributed by atoms with Crippen LogP contribution in [0.25, 0.3) is 11.0 Å². The molecule has 0 aliphatic heterocycles. The quantitative estimate of drug-likeness (QED) is 0.275. The molecule has 1 aliphatic carbocycles. The third-order valence-electron chi connectivity index (χ3n) is 6.14. The van der Waals surface area contributed by atoms with Crippen molar-refractivity contribution >= 4 is 23.0 Å². The topological polar surface area (TPSA) is 94.8 Å². The van der Waals surface area contributed by atoms with Gasteiger partial charge in [0.05, 0.1) is 0 Å². The van der Waals surface area contributed by atoms with Crippen LogP contribution >= 0.6 is 0 Å². The lowest BCUT2D eigenvalue weighted by atomic mass is 10.0. The molecule has 1 aromatic heterocycles. The molecule has 0 bridgehead atoms. The number of hydrogen-bond donors (Lipinski definition) is 1. The fourth-order valence-corrected chi connectivity index (χ4v) is 4.59. The third-order valence-corrected chi connectivity index (χ3v) is 6.14. The zero-order chi connectivity index (χ0) is 25.9. The molecular weight excluding hydrogens is 458 g/mol. The number of carbonyl (C=O) groups excluding carboxylic acids is 2. The summed E-state index contributed by atoms with van der Waals surface area (Å²) in [5.41, 5.74) is 2.87. The Labute approximate surface area is 210 Å². The van der Waals surface area contributed by atoms with Crippen molar-refractivity contribution in [3.63, 3.8) is 0 Å². The van der Waals surface area contributed by atoms with Gasteiger partial charge in [-0.3, -0.25) is 0 Å². The van der Waals surface area contributed by atoms with Gasteiger partial charge in [-0.15, -0.1) is 0 Å². The highest BCUT2D eigenvalue weighted by atomic mass is 16.6. The highest BCUT2D eigenvalue weighted by Gasteiger charge is 2.28. The number of rotatable bonds is 7. The normalized spacial score (nSPS) is 13.8. The number of ether oxygens (including phenoxy) is 2. The molecule has 190 valence electrons. The average molecular weight is 492 g/mol. The maximum Gasteiger partial charge on any atom is 0.408 e. The summed E-state index contributed by atoms with van der Waals surface area (Å²) < 4.78 is 16.8. The van der Waals surface area contributed by atoms with Crippen molar-refractivity contribution in [1.29, 1.82) is 0 Å². The largest absolute Gasteiger partial charge is 0.444 e. The number of benzene rings is 2. The van der Waals surface area contributed by atoms with E-state index in [0.717, 1.165) is 53.3 Å². The molecule has 0 fully saturated rings. The summed E-state index contributed by atoms with van der Waals surface area (Å²) in [5, 5.41) is 3.57. The van der Waals surface area contributed by atoms with E-state index in [4.69, 9.17) is 13.9 Å². The predicted molar refractivity (Wildman–Crippen MR) is 137 cm³/mol. The molecule has 0 saturated heterocycles. The number of hydrogen-bond acceptors (Lipinski definition) is 6. The summed E-state index contributed by atoms with van der Waals surface area (Å²) in [5.74, 6) is -0.288. The second-order valence-corrected chi connectivity index (χ2v) is 10.2. The zero-order valence-corrected chi connectivity index (χ0v) is 21.3. The van der Waals surface area contributed by atoms with E-state index < -0.39 is 23.7 Å². The van der Waals surface area contributed by atoms with Crippen molar-refractivity contribution in [1.82, 2.24) is 5.32 Å². The van der Waals surface area contributed by atoms with E-state index in [1.807, 2.05) is 43.3 Å². The molecule has 36 heavy (non-hydrogen) atoms. The molecule has 0 radical (unpaired) electrons. The van der Waals surface area contributed by atoms with Crippen LogP contribution in [0.3, 0.4) is 0 Å². The van der Waals surface area contributed by atoms with Crippen LogP contribution in [0.15, 0.2) is 51.7 Å². The van der Waals surface area contributed by atoms with E-state index >= 15 is 0 Å². The van der Waals surface area contributed by atoms with E-state index in [2.05, 4.69) is 5.32 Å². The molecule has 7 heteroatoms. The first-order valence-corrected chi connectivity index (χ1v) is 12.5. The van der Waals surface area contributed by atoms with Gasteiger partial charge in [-0.05, 0) is 69.2 Å². The Morgan fingerprint density at radius 1 is 1.08 bits per heavy atom. The molecule has 4 rings (SSSR count).